The summed E-state index contributed by atoms with van der Waals surface area (Å²) in [4.78, 5) is 21.3. The van der Waals surface area contributed by atoms with E-state index < -0.39 is 0 Å². The number of rotatable bonds is 6. The molecule has 5 heteroatoms. The summed E-state index contributed by atoms with van der Waals surface area (Å²) >= 11 is 0. The van der Waals surface area contributed by atoms with Crippen molar-refractivity contribution in [3.8, 4) is 11.1 Å². The van der Waals surface area contributed by atoms with Gasteiger partial charge in [0.1, 0.15) is 11.6 Å². The molecular formula is C31H34FN3O. The Bertz CT molecular complexity index is 1400. The van der Waals surface area contributed by atoms with Gasteiger partial charge < -0.3 is 0 Å². The molecule has 1 aliphatic heterocycles. The monoisotopic (exact) mass is 483 g/mol. The van der Waals surface area contributed by atoms with Crippen LogP contribution in [0, 0.1) is 11.7 Å². The summed E-state index contributed by atoms with van der Waals surface area (Å²) in [5, 5.41) is 0.617. The van der Waals surface area contributed by atoms with Crippen molar-refractivity contribution >= 4 is 10.9 Å². The number of benzene rings is 3. The van der Waals surface area contributed by atoms with Crippen LogP contribution >= 0.6 is 0 Å². The summed E-state index contributed by atoms with van der Waals surface area (Å²) in [5.74, 6) is 1.10. The second-order valence-electron chi connectivity index (χ2n) is 10.4. The molecule has 0 aliphatic carbocycles. The summed E-state index contributed by atoms with van der Waals surface area (Å²) in [5.41, 5.74) is 3.84. The lowest BCUT2D eigenvalue weighted by atomic mass is 9.94. The van der Waals surface area contributed by atoms with Gasteiger partial charge >= 0.3 is 0 Å². The third-order valence-electron chi connectivity index (χ3n) is 7.50. The van der Waals surface area contributed by atoms with Gasteiger partial charge in [-0.1, -0.05) is 62.4 Å². The van der Waals surface area contributed by atoms with E-state index in [-0.39, 0.29) is 17.3 Å². The molecular weight excluding hydrogens is 449 g/mol. The quantitative estimate of drug-likeness (QED) is 0.303. The van der Waals surface area contributed by atoms with Gasteiger partial charge in [0, 0.05) is 25.0 Å². The number of piperidine rings is 1. The fourth-order valence-electron chi connectivity index (χ4n) is 5.48. The lowest BCUT2D eigenvalue weighted by molar-refractivity contribution is 0.121. The zero-order valence-corrected chi connectivity index (χ0v) is 21.3. The Labute approximate surface area is 212 Å². The van der Waals surface area contributed by atoms with Crippen molar-refractivity contribution < 1.29 is 4.39 Å². The highest BCUT2D eigenvalue weighted by molar-refractivity contribution is 5.83. The van der Waals surface area contributed by atoms with Crippen LogP contribution in [0.4, 0.5) is 4.39 Å². The molecule has 5 rings (SSSR count). The van der Waals surface area contributed by atoms with E-state index in [9.17, 15) is 9.18 Å². The molecule has 1 saturated heterocycles. The molecule has 1 aromatic heterocycles. The van der Waals surface area contributed by atoms with Crippen LogP contribution in [0.25, 0.3) is 22.0 Å². The van der Waals surface area contributed by atoms with Crippen molar-refractivity contribution in [2.75, 3.05) is 13.1 Å². The summed E-state index contributed by atoms with van der Waals surface area (Å²) in [6.07, 6.45) is 2.24. The van der Waals surface area contributed by atoms with Crippen molar-refractivity contribution in [2.24, 2.45) is 5.92 Å². The van der Waals surface area contributed by atoms with Crippen molar-refractivity contribution in [3.05, 3.63) is 100 Å². The lowest BCUT2D eigenvalue weighted by Gasteiger charge is -2.37. The zero-order chi connectivity index (χ0) is 25.2. The summed E-state index contributed by atoms with van der Waals surface area (Å²) in [6.45, 7) is 9.19. The number of hydrogen-bond acceptors (Lipinski definition) is 3. The fourth-order valence-corrected chi connectivity index (χ4v) is 5.48. The SMILES string of the molecule is CC(C)c1nc2ccc(-c3ccc(F)cc3)cc2c(=O)n1C[C@H]1CCCN(C(C)c2ccccc2)C1. The van der Waals surface area contributed by atoms with E-state index in [1.54, 1.807) is 12.1 Å². The topological polar surface area (TPSA) is 38.1 Å². The largest absolute Gasteiger partial charge is 0.296 e. The van der Waals surface area contributed by atoms with Gasteiger partial charge in [-0.05, 0) is 73.2 Å². The minimum Gasteiger partial charge on any atom is -0.296 e. The minimum absolute atomic E-state index is 0.0147. The van der Waals surface area contributed by atoms with E-state index in [4.69, 9.17) is 4.98 Å². The average Bonchev–Trinajstić information content (AvgIpc) is 2.90. The predicted molar refractivity (Wildman–Crippen MR) is 145 cm³/mol. The number of nitrogens with zero attached hydrogens (tertiary/aromatic N) is 3. The number of hydrogen-bond donors (Lipinski definition) is 0. The van der Waals surface area contributed by atoms with Crippen molar-refractivity contribution in [1.82, 2.24) is 14.5 Å². The maximum atomic E-state index is 13.9. The predicted octanol–water partition coefficient (Wildman–Crippen LogP) is 6.80. The highest BCUT2D eigenvalue weighted by atomic mass is 19.1. The number of aromatic nitrogens is 2. The second kappa shape index (κ2) is 10.4. The first-order valence-corrected chi connectivity index (χ1v) is 13.0. The Hall–Kier alpha value is -3.31. The number of likely N-dealkylation sites (tertiary alicyclic amines) is 1. The third-order valence-corrected chi connectivity index (χ3v) is 7.50. The Balaban J connectivity index is 1.47. The molecule has 0 spiro atoms. The Kier molecular flexibility index (Phi) is 7.01. The molecule has 3 aromatic carbocycles. The molecule has 0 bridgehead atoms. The molecule has 2 heterocycles. The summed E-state index contributed by atoms with van der Waals surface area (Å²) < 4.78 is 15.3. The maximum absolute atomic E-state index is 13.9. The van der Waals surface area contributed by atoms with Crippen LogP contribution in [0.1, 0.15) is 57.0 Å². The van der Waals surface area contributed by atoms with Gasteiger partial charge in [0.15, 0.2) is 0 Å². The second-order valence-corrected chi connectivity index (χ2v) is 10.4. The lowest BCUT2D eigenvalue weighted by Crippen LogP contribution is -2.40. The van der Waals surface area contributed by atoms with E-state index in [1.165, 1.54) is 17.7 Å². The molecule has 4 nitrogen and oxygen atoms in total. The van der Waals surface area contributed by atoms with Crippen molar-refractivity contribution in [3.63, 3.8) is 0 Å². The van der Waals surface area contributed by atoms with Crippen molar-refractivity contribution in [2.45, 2.75) is 52.1 Å². The highest BCUT2D eigenvalue weighted by Crippen LogP contribution is 2.29. The molecule has 1 fully saturated rings. The van der Waals surface area contributed by atoms with E-state index in [0.717, 1.165) is 42.9 Å². The molecule has 0 saturated carbocycles. The van der Waals surface area contributed by atoms with Crippen LogP contribution in [0.5, 0.6) is 0 Å². The molecule has 1 aliphatic rings. The smallest absolute Gasteiger partial charge is 0.261 e. The average molecular weight is 484 g/mol. The van der Waals surface area contributed by atoms with E-state index in [0.29, 0.717) is 29.4 Å². The molecule has 186 valence electrons. The van der Waals surface area contributed by atoms with Crippen LogP contribution < -0.4 is 5.56 Å². The van der Waals surface area contributed by atoms with Crippen LogP contribution in [-0.2, 0) is 6.54 Å². The Morgan fingerprint density at radius 2 is 1.69 bits per heavy atom. The van der Waals surface area contributed by atoms with E-state index in [2.05, 4.69) is 56.0 Å². The van der Waals surface area contributed by atoms with Gasteiger partial charge in [0.25, 0.3) is 5.56 Å². The number of fused-ring (bicyclic) bond motifs is 1. The third kappa shape index (κ3) is 4.98. The Morgan fingerprint density at radius 1 is 0.972 bits per heavy atom. The van der Waals surface area contributed by atoms with Gasteiger partial charge in [-0.15, -0.1) is 0 Å². The minimum atomic E-state index is -0.270. The van der Waals surface area contributed by atoms with Crippen LogP contribution in [-0.4, -0.2) is 27.5 Å². The zero-order valence-electron chi connectivity index (χ0n) is 21.3. The fraction of sp³-hybridized carbons (Fsp3) is 0.355. The van der Waals surface area contributed by atoms with Crippen LogP contribution in [0.3, 0.4) is 0 Å². The molecule has 0 radical (unpaired) electrons. The van der Waals surface area contributed by atoms with Gasteiger partial charge in [0.05, 0.1) is 10.9 Å². The molecule has 4 aromatic rings. The molecule has 1 unspecified atom stereocenters. The van der Waals surface area contributed by atoms with E-state index in [1.807, 2.05) is 22.8 Å². The molecule has 0 amide bonds. The highest BCUT2D eigenvalue weighted by Gasteiger charge is 2.26. The first-order valence-electron chi connectivity index (χ1n) is 13.0. The summed E-state index contributed by atoms with van der Waals surface area (Å²) in [7, 11) is 0. The van der Waals surface area contributed by atoms with Gasteiger partial charge in [-0.3, -0.25) is 14.3 Å². The van der Waals surface area contributed by atoms with Gasteiger partial charge in [-0.25, -0.2) is 9.37 Å². The standard InChI is InChI=1S/C31H34FN3O/c1-21(2)30-33-29-16-13-26(25-11-14-27(32)15-12-25)18-28(29)31(36)35(30)20-23-8-7-17-34(19-23)22(3)24-9-5-4-6-10-24/h4-6,9-16,18,21-23H,7-8,17,19-20H2,1-3H3/t22?,23-/m0/s1. The summed E-state index contributed by atoms with van der Waals surface area (Å²) in [6, 6.07) is 23.2. The normalized spacial score (nSPS) is 17.5. The Morgan fingerprint density at radius 3 is 2.42 bits per heavy atom. The number of halogens is 1. The van der Waals surface area contributed by atoms with Crippen molar-refractivity contribution in [1.29, 1.82) is 0 Å². The van der Waals surface area contributed by atoms with Gasteiger partial charge in [0.2, 0.25) is 0 Å². The van der Waals surface area contributed by atoms with Crippen LogP contribution in [0.2, 0.25) is 0 Å². The van der Waals surface area contributed by atoms with E-state index >= 15 is 0 Å². The maximum Gasteiger partial charge on any atom is 0.261 e. The molecule has 0 N–H and O–H groups in total. The van der Waals surface area contributed by atoms with Crippen LogP contribution in [0.15, 0.2) is 77.6 Å². The molecule has 36 heavy (non-hydrogen) atoms. The van der Waals surface area contributed by atoms with Gasteiger partial charge in [-0.2, -0.15) is 0 Å². The first-order chi connectivity index (χ1) is 17.4. The first kappa shape index (κ1) is 24.4. The molecule has 2 atom stereocenters.